The molecule has 0 bridgehead atoms. The second kappa shape index (κ2) is 7.51. The fourth-order valence-electron chi connectivity index (χ4n) is 2.79. The van der Waals surface area contributed by atoms with Crippen molar-refractivity contribution in [1.29, 1.82) is 0 Å². The molecule has 0 amide bonds. The van der Waals surface area contributed by atoms with Crippen molar-refractivity contribution < 1.29 is 23.5 Å². The summed E-state index contributed by atoms with van der Waals surface area (Å²) in [6.45, 7) is 0. The van der Waals surface area contributed by atoms with Crippen LogP contribution in [0.5, 0.6) is 5.75 Å². The third-order valence-electron chi connectivity index (χ3n) is 4.17. The van der Waals surface area contributed by atoms with Gasteiger partial charge in [-0.15, -0.1) is 0 Å². The monoisotopic (exact) mass is 371 g/mol. The number of hydrogen-bond acceptors (Lipinski definition) is 4. The van der Waals surface area contributed by atoms with Crippen molar-refractivity contribution in [3.8, 4) is 16.9 Å². The van der Waals surface area contributed by atoms with Gasteiger partial charge in [0, 0.05) is 29.3 Å². The molecule has 1 N–H and O–H groups in total. The maximum Gasteiger partial charge on any atom is 0.270 e. The van der Waals surface area contributed by atoms with Crippen LogP contribution < -0.4 is 4.74 Å². The summed E-state index contributed by atoms with van der Waals surface area (Å²) in [4.78, 5) is 10.5. The highest BCUT2D eigenvalue weighted by molar-refractivity contribution is 5.73. The van der Waals surface area contributed by atoms with Crippen molar-refractivity contribution in [3.63, 3.8) is 0 Å². The van der Waals surface area contributed by atoms with Gasteiger partial charge < -0.3 is 9.84 Å². The molecule has 5 nitrogen and oxygen atoms in total. The molecule has 7 heteroatoms. The first kappa shape index (κ1) is 18.5. The van der Waals surface area contributed by atoms with Crippen LogP contribution in [0, 0.1) is 21.7 Å². The maximum atomic E-state index is 14.5. The van der Waals surface area contributed by atoms with Gasteiger partial charge in [0.1, 0.15) is 23.5 Å². The zero-order valence-electron chi connectivity index (χ0n) is 14.2. The molecule has 0 spiro atoms. The number of non-ortho nitro benzene ring substituents is 1. The SMILES string of the molecule is COc1cc(F)c(C(O)c2ccc(F)cc2)cc1-c1cccc([N+](=O)[O-])c1. The summed E-state index contributed by atoms with van der Waals surface area (Å²) in [5, 5.41) is 21.6. The normalized spacial score (nSPS) is 11.9. The lowest BCUT2D eigenvalue weighted by Crippen LogP contribution is -2.04. The number of benzene rings is 3. The molecule has 0 saturated heterocycles. The Bertz CT molecular complexity index is 990. The van der Waals surface area contributed by atoms with Crippen LogP contribution in [0.3, 0.4) is 0 Å². The third kappa shape index (κ3) is 3.78. The van der Waals surface area contributed by atoms with Crippen LogP contribution in [0.15, 0.2) is 60.7 Å². The Hall–Kier alpha value is -3.32. The predicted molar refractivity (Wildman–Crippen MR) is 95.5 cm³/mol. The van der Waals surface area contributed by atoms with Crippen LogP contribution in [0.1, 0.15) is 17.2 Å². The van der Waals surface area contributed by atoms with E-state index in [-0.39, 0.29) is 17.0 Å². The first-order chi connectivity index (χ1) is 12.9. The number of ether oxygens (including phenoxy) is 1. The van der Waals surface area contributed by atoms with E-state index in [1.54, 1.807) is 6.07 Å². The number of hydrogen-bond donors (Lipinski definition) is 1. The first-order valence-electron chi connectivity index (χ1n) is 7.96. The minimum Gasteiger partial charge on any atom is -0.496 e. The van der Waals surface area contributed by atoms with Crippen molar-refractivity contribution in [1.82, 2.24) is 0 Å². The molecule has 0 heterocycles. The molecule has 3 rings (SSSR count). The number of nitro benzene ring substituents is 1. The van der Waals surface area contributed by atoms with Gasteiger partial charge in [-0.25, -0.2) is 8.78 Å². The van der Waals surface area contributed by atoms with E-state index in [9.17, 15) is 24.0 Å². The average molecular weight is 371 g/mol. The van der Waals surface area contributed by atoms with Gasteiger partial charge in [-0.2, -0.15) is 0 Å². The predicted octanol–water partition coefficient (Wildman–Crippen LogP) is 4.63. The molecule has 1 unspecified atom stereocenters. The van der Waals surface area contributed by atoms with Gasteiger partial charge in [0.25, 0.3) is 5.69 Å². The number of aliphatic hydroxyl groups excluding tert-OH is 1. The minimum absolute atomic E-state index is 0.0519. The second-order valence-electron chi connectivity index (χ2n) is 5.84. The van der Waals surface area contributed by atoms with E-state index in [0.29, 0.717) is 16.7 Å². The highest BCUT2D eigenvalue weighted by Crippen LogP contribution is 2.37. The summed E-state index contributed by atoms with van der Waals surface area (Å²) in [6, 6.07) is 13.3. The van der Waals surface area contributed by atoms with E-state index in [0.717, 1.165) is 6.07 Å². The van der Waals surface area contributed by atoms with Crippen molar-refractivity contribution in [2.45, 2.75) is 6.10 Å². The molecule has 0 radical (unpaired) electrons. The Labute approximate surface area is 153 Å². The molecule has 0 aliphatic carbocycles. The number of nitro groups is 1. The number of aliphatic hydroxyl groups is 1. The van der Waals surface area contributed by atoms with Crippen LogP contribution >= 0.6 is 0 Å². The molecule has 0 fully saturated rings. The lowest BCUT2D eigenvalue weighted by molar-refractivity contribution is -0.384. The molecule has 0 aliphatic heterocycles. The van der Waals surface area contributed by atoms with Gasteiger partial charge in [0.05, 0.1) is 12.0 Å². The molecule has 0 aliphatic rings. The van der Waals surface area contributed by atoms with Gasteiger partial charge in [-0.05, 0) is 29.3 Å². The molecule has 0 saturated carbocycles. The first-order valence-corrected chi connectivity index (χ1v) is 7.96. The Morgan fingerprint density at radius 3 is 2.41 bits per heavy atom. The molecule has 1 atom stereocenters. The topological polar surface area (TPSA) is 72.6 Å². The van der Waals surface area contributed by atoms with Gasteiger partial charge in [0.2, 0.25) is 0 Å². The van der Waals surface area contributed by atoms with Crippen molar-refractivity contribution in [2.24, 2.45) is 0 Å². The summed E-state index contributed by atoms with van der Waals surface area (Å²) in [5.41, 5.74) is 0.959. The third-order valence-corrected chi connectivity index (χ3v) is 4.17. The number of methoxy groups -OCH3 is 1. The lowest BCUT2D eigenvalue weighted by Gasteiger charge is -2.16. The van der Waals surface area contributed by atoms with E-state index in [1.165, 1.54) is 55.6 Å². The summed E-state index contributed by atoms with van der Waals surface area (Å²) < 4.78 is 32.8. The fourth-order valence-corrected chi connectivity index (χ4v) is 2.79. The van der Waals surface area contributed by atoms with Crippen molar-refractivity contribution in [3.05, 3.63) is 93.5 Å². The maximum absolute atomic E-state index is 14.5. The number of nitrogens with zero attached hydrogens (tertiary/aromatic N) is 1. The highest BCUT2D eigenvalue weighted by atomic mass is 19.1. The minimum atomic E-state index is -1.34. The Balaban J connectivity index is 2.12. The van der Waals surface area contributed by atoms with Crippen LogP contribution in [0.4, 0.5) is 14.5 Å². The van der Waals surface area contributed by atoms with Gasteiger partial charge in [0.15, 0.2) is 0 Å². The van der Waals surface area contributed by atoms with Crippen LogP contribution in [-0.4, -0.2) is 17.1 Å². The summed E-state index contributed by atoms with van der Waals surface area (Å²) in [5.74, 6) is -1.01. The molecule has 3 aromatic carbocycles. The van der Waals surface area contributed by atoms with Gasteiger partial charge >= 0.3 is 0 Å². The fraction of sp³-hybridized carbons (Fsp3) is 0.100. The molecule has 138 valence electrons. The molecular formula is C20H15F2NO4. The van der Waals surface area contributed by atoms with Crippen LogP contribution in [-0.2, 0) is 0 Å². The molecule has 3 aromatic rings. The smallest absolute Gasteiger partial charge is 0.270 e. The van der Waals surface area contributed by atoms with Crippen LogP contribution in [0.2, 0.25) is 0 Å². The van der Waals surface area contributed by atoms with Gasteiger partial charge in [-0.1, -0.05) is 24.3 Å². The average Bonchev–Trinajstić information content (AvgIpc) is 2.67. The van der Waals surface area contributed by atoms with E-state index >= 15 is 0 Å². The van der Waals surface area contributed by atoms with Gasteiger partial charge in [-0.3, -0.25) is 10.1 Å². The summed E-state index contributed by atoms with van der Waals surface area (Å²) in [7, 11) is 1.35. The lowest BCUT2D eigenvalue weighted by atomic mass is 9.95. The van der Waals surface area contributed by atoms with Crippen LogP contribution in [0.25, 0.3) is 11.1 Å². The van der Waals surface area contributed by atoms with E-state index in [4.69, 9.17) is 4.74 Å². The Morgan fingerprint density at radius 1 is 1.07 bits per heavy atom. The largest absolute Gasteiger partial charge is 0.496 e. The molecule has 27 heavy (non-hydrogen) atoms. The summed E-state index contributed by atoms with van der Waals surface area (Å²) >= 11 is 0. The van der Waals surface area contributed by atoms with E-state index in [1.807, 2.05) is 0 Å². The molecule has 0 aromatic heterocycles. The Morgan fingerprint density at radius 2 is 1.78 bits per heavy atom. The quantitative estimate of drug-likeness (QED) is 0.524. The number of halogens is 2. The highest BCUT2D eigenvalue weighted by Gasteiger charge is 2.20. The number of rotatable bonds is 5. The van der Waals surface area contributed by atoms with Crippen molar-refractivity contribution in [2.75, 3.05) is 7.11 Å². The molecular weight excluding hydrogens is 356 g/mol. The standard InChI is InChI=1S/C20H15F2NO4/c1-27-19-11-18(22)17(20(24)12-5-7-14(21)8-6-12)10-16(19)13-3-2-4-15(9-13)23(25)26/h2-11,20,24H,1H3. The van der Waals surface area contributed by atoms with Crippen molar-refractivity contribution >= 4 is 5.69 Å². The zero-order valence-corrected chi connectivity index (χ0v) is 14.2. The Kier molecular flexibility index (Phi) is 5.14. The van der Waals surface area contributed by atoms with E-state index < -0.39 is 22.7 Å². The zero-order chi connectivity index (χ0) is 19.6. The van der Waals surface area contributed by atoms with E-state index in [2.05, 4.69) is 0 Å². The summed E-state index contributed by atoms with van der Waals surface area (Å²) in [6.07, 6.45) is -1.34. The second-order valence-corrected chi connectivity index (χ2v) is 5.84.